The van der Waals surface area contributed by atoms with E-state index in [1.807, 2.05) is 16.7 Å². The maximum absolute atomic E-state index is 12.6. The van der Waals surface area contributed by atoms with Crippen molar-refractivity contribution in [2.45, 2.75) is 32.2 Å². The Morgan fingerprint density at radius 2 is 1.67 bits per heavy atom. The largest absolute Gasteiger partial charge is 0.573 e. The molecule has 8 nitrogen and oxygen atoms in total. The molecule has 0 radical (unpaired) electrons. The minimum atomic E-state index is -4.72. The lowest BCUT2D eigenvalue weighted by Gasteiger charge is -2.26. The summed E-state index contributed by atoms with van der Waals surface area (Å²) in [4.78, 5) is 23.9. The van der Waals surface area contributed by atoms with Crippen molar-refractivity contribution in [2.24, 2.45) is 0 Å². The lowest BCUT2D eigenvalue weighted by molar-refractivity contribution is -0.274. The number of amides is 1. The SMILES string of the molecule is O=C(NCCN1CCCCC1)c1cnc2c(c1)ncn2-c1ccc(OCc2ccc(OC(F)(F)F)cc2)cc1. The molecule has 0 atom stereocenters. The fraction of sp³-hybridized carbons (Fsp3) is 0.321. The lowest BCUT2D eigenvalue weighted by Crippen LogP contribution is -2.37. The van der Waals surface area contributed by atoms with Crippen LogP contribution in [0.2, 0.25) is 0 Å². The topological polar surface area (TPSA) is 81.5 Å². The Morgan fingerprint density at radius 3 is 2.38 bits per heavy atom. The molecule has 1 N–H and O–H groups in total. The van der Waals surface area contributed by atoms with Crippen LogP contribution in [0.25, 0.3) is 16.9 Å². The highest BCUT2D eigenvalue weighted by Crippen LogP contribution is 2.24. The van der Waals surface area contributed by atoms with Crippen LogP contribution in [0.4, 0.5) is 13.2 Å². The van der Waals surface area contributed by atoms with Crippen LogP contribution in [0.1, 0.15) is 35.2 Å². The molecule has 1 aliphatic heterocycles. The smallest absolute Gasteiger partial charge is 0.489 e. The first-order valence-electron chi connectivity index (χ1n) is 12.8. The summed E-state index contributed by atoms with van der Waals surface area (Å²) in [6.07, 6.45) is 2.20. The number of pyridine rings is 1. The first-order chi connectivity index (χ1) is 18.8. The molecule has 0 unspecified atom stereocenters. The van der Waals surface area contributed by atoms with E-state index in [4.69, 9.17) is 4.74 Å². The Morgan fingerprint density at radius 1 is 0.949 bits per heavy atom. The molecule has 11 heteroatoms. The van der Waals surface area contributed by atoms with Crippen molar-refractivity contribution in [3.8, 4) is 17.2 Å². The third-order valence-corrected chi connectivity index (χ3v) is 6.49. The third kappa shape index (κ3) is 7.05. The monoisotopic (exact) mass is 539 g/mol. The molecule has 1 aliphatic rings. The summed E-state index contributed by atoms with van der Waals surface area (Å²) < 4.78 is 48.4. The highest BCUT2D eigenvalue weighted by molar-refractivity contribution is 5.96. The fourth-order valence-corrected chi connectivity index (χ4v) is 4.48. The van der Waals surface area contributed by atoms with Crippen LogP contribution in [0.3, 0.4) is 0 Å². The van der Waals surface area contributed by atoms with E-state index in [-0.39, 0.29) is 18.3 Å². The van der Waals surface area contributed by atoms with Gasteiger partial charge in [0.05, 0.1) is 5.56 Å². The molecule has 0 saturated carbocycles. The number of aromatic nitrogens is 3. The van der Waals surface area contributed by atoms with E-state index >= 15 is 0 Å². The minimum absolute atomic E-state index is 0.167. The molecule has 5 rings (SSSR count). The van der Waals surface area contributed by atoms with Gasteiger partial charge in [-0.2, -0.15) is 0 Å². The van der Waals surface area contributed by atoms with Gasteiger partial charge in [-0.05, 0) is 74.0 Å². The molecule has 1 saturated heterocycles. The summed E-state index contributed by atoms with van der Waals surface area (Å²) in [5.74, 6) is 0.146. The highest BCUT2D eigenvalue weighted by atomic mass is 19.4. The molecule has 2 aromatic heterocycles. The van der Waals surface area contributed by atoms with Crippen molar-refractivity contribution < 1.29 is 27.4 Å². The van der Waals surface area contributed by atoms with Gasteiger partial charge in [0.2, 0.25) is 0 Å². The van der Waals surface area contributed by atoms with Gasteiger partial charge in [0, 0.05) is 25.0 Å². The summed E-state index contributed by atoms with van der Waals surface area (Å²) in [6, 6.07) is 14.5. The maximum Gasteiger partial charge on any atom is 0.573 e. The Balaban J connectivity index is 1.17. The first kappa shape index (κ1) is 26.5. The second-order valence-corrected chi connectivity index (χ2v) is 9.31. The molecule has 4 aromatic rings. The number of benzene rings is 2. The molecule has 1 amide bonds. The van der Waals surface area contributed by atoms with Crippen molar-refractivity contribution in [1.82, 2.24) is 24.8 Å². The number of ether oxygens (including phenoxy) is 2. The second kappa shape index (κ2) is 11.7. The third-order valence-electron chi connectivity index (χ3n) is 6.49. The molecule has 39 heavy (non-hydrogen) atoms. The standard InChI is InChI=1S/C28H28F3N5O3/c29-28(30,31)39-24-8-4-20(5-9-24)18-38-23-10-6-22(7-11-23)36-19-34-25-16-21(17-33-26(25)36)27(37)32-12-15-35-13-2-1-3-14-35/h4-11,16-17,19H,1-3,12-15,18H2,(H,32,37). The first-order valence-corrected chi connectivity index (χ1v) is 12.8. The van der Waals surface area contributed by atoms with Gasteiger partial charge in [0.1, 0.15) is 29.9 Å². The summed E-state index contributed by atoms with van der Waals surface area (Å²) in [5.41, 5.74) is 3.20. The Bertz CT molecular complexity index is 1400. The number of piperidine rings is 1. The van der Waals surface area contributed by atoms with Crippen LogP contribution < -0.4 is 14.8 Å². The number of hydrogen-bond donors (Lipinski definition) is 1. The fourth-order valence-electron chi connectivity index (χ4n) is 4.48. The van der Waals surface area contributed by atoms with Crippen LogP contribution in [-0.2, 0) is 6.61 Å². The van der Waals surface area contributed by atoms with Gasteiger partial charge in [0.25, 0.3) is 5.91 Å². The van der Waals surface area contributed by atoms with Gasteiger partial charge < -0.3 is 19.7 Å². The molecule has 0 aliphatic carbocycles. The summed E-state index contributed by atoms with van der Waals surface area (Å²) in [7, 11) is 0. The van der Waals surface area contributed by atoms with Gasteiger partial charge in [-0.1, -0.05) is 18.6 Å². The summed E-state index contributed by atoms with van der Waals surface area (Å²) >= 11 is 0. The Kier molecular flexibility index (Phi) is 7.97. The molecular weight excluding hydrogens is 511 g/mol. The van der Waals surface area contributed by atoms with E-state index in [1.165, 1.54) is 43.5 Å². The molecule has 3 heterocycles. The van der Waals surface area contributed by atoms with Crippen molar-refractivity contribution in [1.29, 1.82) is 0 Å². The van der Waals surface area contributed by atoms with E-state index in [2.05, 4.69) is 24.9 Å². The maximum atomic E-state index is 12.6. The number of carbonyl (C=O) groups is 1. The van der Waals surface area contributed by atoms with Crippen LogP contribution in [0.5, 0.6) is 11.5 Å². The molecular formula is C28H28F3N5O3. The molecule has 204 valence electrons. The zero-order chi connectivity index (χ0) is 27.2. The van der Waals surface area contributed by atoms with Crippen molar-refractivity contribution in [2.75, 3.05) is 26.2 Å². The van der Waals surface area contributed by atoms with Crippen LogP contribution in [0.15, 0.2) is 67.1 Å². The summed E-state index contributed by atoms with van der Waals surface area (Å²) in [5, 5.41) is 2.97. The molecule has 0 spiro atoms. The van der Waals surface area contributed by atoms with E-state index in [9.17, 15) is 18.0 Å². The number of alkyl halides is 3. The molecule has 1 fully saturated rings. The normalized spacial score (nSPS) is 14.3. The number of carbonyl (C=O) groups excluding carboxylic acids is 1. The molecule has 2 aromatic carbocycles. The average molecular weight is 540 g/mol. The van der Waals surface area contributed by atoms with E-state index in [0.29, 0.717) is 34.6 Å². The predicted octanol–water partition coefficient (Wildman–Crippen LogP) is 5.11. The van der Waals surface area contributed by atoms with Gasteiger partial charge in [-0.3, -0.25) is 9.36 Å². The lowest BCUT2D eigenvalue weighted by atomic mass is 10.1. The van der Waals surface area contributed by atoms with Crippen LogP contribution in [0, 0.1) is 0 Å². The van der Waals surface area contributed by atoms with Gasteiger partial charge in [-0.15, -0.1) is 13.2 Å². The van der Waals surface area contributed by atoms with Crippen LogP contribution >= 0.6 is 0 Å². The van der Waals surface area contributed by atoms with Gasteiger partial charge >= 0.3 is 6.36 Å². The van der Waals surface area contributed by atoms with Gasteiger partial charge in [-0.25, -0.2) is 9.97 Å². The Labute approximate surface area is 223 Å². The van der Waals surface area contributed by atoms with E-state index in [1.54, 1.807) is 30.7 Å². The van der Waals surface area contributed by atoms with Crippen molar-refractivity contribution >= 4 is 17.1 Å². The number of hydrogen-bond acceptors (Lipinski definition) is 6. The number of halogens is 3. The number of rotatable bonds is 9. The Hall–Kier alpha value is -4.12. The number of nitrogens with zero attached hydrogens (tertiary/aromatic N) is 4. The van der Waals surface area contributed by atoms with Crippen LogP contribution in [-0.4, -0.2) is 57.9 Å². The van der Waals surface area contributed by atoms with Gasteiger partial charge in [0.15, 0.2) is 5.65 Å². The van der Waals surface area contributed by atoms with Crippen molar-refractivity contribution in [3.05, 3.63) is 78.2 Å². The zero-order valence-corrected chi connectivity index (χ0v) is 21.2. The predicted molar refractivity (Wildman–Crippen MR) is 139 cm³/mol. The number of imidazole rings is 1. The highest BCUT2D eigenvalue weighted by Gasteiger charge is 2.30. The van der Waals surface area contributed by atoms with Crippen molar-refractivity contribution in [3.63, 3.8) is 0 Å². The van der Waals surface area contributed by atoms with E-state index < -0.39 is 6.36 Å². The second-order valence-electron chi connectivity index (χ2n) is 9.31. The van der Waals surface area contributed by atoms with E-state index in [0.717, 1.165) is 25.3 Å². The number of fused-ring (bicyclic) bond motifs is 1. The zero-order valence-electron chi connectivity index (χ0n) is 21.2. The average Bonchev–Trinajstić information content (AvgIpc) is 3.36. The molecule has 0 bridgehead atoms. The number of nitrogens with one attached hydrogen (secondary N) is 1. The summed E-state index contributed by atoms with van der Waals surface area (Å²) in [6.45, 7) is 3.80. The minimum Gasteiger partial charge on any atom is -0.489 e. The number of likely N-dealkylation sites (tertiary alicyclic amines) is 1. The quantitative estimate of drug-likeness (QED) is 0.318.